The fraction of sp³-hybridized carbons (Fsp3) is 0.591. The van der Waals surface area contributed by atoms with E-state index in [0.717, 1.165) is 32.1 Å². The number of nitrogens with one attached hydrogen (secondary N) is 1. The number of rotatable bonds is 4. The lowest BCUT2D eigenvalue weighted by atomic mass is 10.0. The van der Waals surface area contributed by atoms with Crippen molar-refractivity contribution in [1.29, 1.82) is 0 Å². The largest absolute Gasteiger partial charge is 0.369 e. The number of likely N-dealkylation sites (tertiary alicyclic amines) is 1. The molecule has 4 rings (SSSR count). The van der Waals surface area contributed by atoms with E-state index in [1.807, 2.05) is 11.0 Å². The summed E-state index contributed by atoms with van der Waals surface area (Å²) in [6, 6.07) is 8.87. The second kappa shape index (κ2) is 8.53. The van der Waals surface area contributed by atoms with Crippen molar-refractivity contribution in [2.45, 2.75) is 37.7 Å². The standard InChI is InChI=1S/C22H29N3O4/c26-19(14-23-20(27)17-6-2-1-3-7-17)24-12-13-29-22(15-24)10-11-25(16-22)21(28)18-8-4-5-9-18/h1-3,6-7,18H,4-5,8-16H2,(H,23,27). The number of hydrogen-bond donors (Lipinski definition) is 1. The quantitative estimate of drug-likeness (QED) is 0.831. The van der Waals surface area contributed by atoms with Crippen LogP contribution in [-0.2, 0) is 14.3 Å². The van der Waals surface area contributed by atoms with Gasteiger partial charge < -0.3 is 19.9 Å². The van der Waals surface area contributed by atoms with E-state index in [1.54, 1.807) is 29.2 Å². The summed E-state index contributed by atoms with van der Waals surface area (Å²) in [6.07, 6.45) is 5.03. The summed E-state index contributed by atoms with van der Waals surface area (Å²) in [5.41, 5.74) is 0.0709. The lowest BCUT2D eigenvalue weighted by molar-refractivity contribution is -0.149. The minimum Gasteiger partial charge on any atom is -0.369 e. The minimum absolute atomic E-state index is 0.0332. The van der Waals surface area contributed by atoms with Gasteiger partial charge in [0.1, 0.15) is 5.60 Å². The zero-order chi connectivity index (χ0) is 20.3. The van der Waals surface area contributed by atoms with Crippen LogP contribution in [0.3, 0.4) is 0 Å². The highest BCUT2D eigenvalue weighted by atomic mass is 16.5. The molecule has 1 saturated carbocycles. The molecular weight excluding hydrogens is 370 g/mol. The molecule has 2 aliphatic heterocycles. The van der Waals surface area contributed by atoms with Crippen LogP contribution in [0.2, 0.25) is 0 Å². The van der Waals surface area contributed by atoms with Crippen LogP contribution in [0.1, 0.15) is 42.5 Å². The summed E-state index contributed by atoms with van der Waals surface area (Å²) < 4.78 is 6.07. The third kappa shape index (κ3) is 4.45. The van der Waals surface area contributed by atoms with Gasteiger partial charge >= 0.3 is 0 Å². The smallest absolute Gasteiger partial charge is 0.251 e. The molecule has 29 heavy (non-hydrogen) atoms. The predicted molar refractivity (Wildman–Crippen MR) is 107 cm³/mol. The number of amides is 3. The molecule has 1 spiro atoms. The SMILES string of the molecule is O=C(NCC(=O)N1CCOC2(CCN(C(=O)C3CCCC3)C2)C1)c1ccccc1. The van der Waals surface area contributed by atoms with E-state index in [4.69, 9.17) is 4.74 Å². The van der Waals surface area contributed by atoms with Crippen molar-refractivity contribution in [3.63, 3.8) is 0 Å². The van der Waals surface area contributed by atoms with Gasteiger partial charge in [-0.25, -0.2) is 0 Å². The highest BCUT2D eigenvalue weighted by Crippen LogP contribution is 2.33. The molecular formula is C22H29N3O4. The van der Waals surface area contributed by atoms with Crippen LogP contribution >= 0.6 is 0 Å². The van der Waals surface area contributed by atoms with Gasteiger partial charge in [0.15, 0.2) is 0 Å². The van der Waals surface area contributed by atoms with Crippen molar-refractivity contribution in [3.05, 3.63) is 35.9 Å². The van der Waals surface area contributed by atoms with Crippen molar-refractivity contribution in [2.24, 2.45) is 5.92 Å². The predicted octanol–water partition coefficient (Wildman–Crippen LogP) is 1.44. The number of benzene rings is 1. The number of carbonyl (C=O) groups excluding carboxylic acids is 3. The van der Waals surface area contributed by atoms with Crippen molar-refractivity contribution in [2.75, 3.05) is 39.3 Å². The Balaban J connectivity index is 1.30. The molecule has 1 N–H and O–H groups in total. The zero-order valence-corrected chi connectivity index (χ0v) is 16.8. The maximum Gasteiger partial charge on any atom is 0.251 e. The summed E-state index contributed by atoms with van der Waals surface area (Å²) in [6.45, 7) is 2.67. The van der Waals surface area contributed by atoms with Crippen molar-refractivity contribution >= 4 is 17.7 Å². The highest BCUT2D eigenvalue weighted by Gasteiger charge is 2.46. The lowest BCUT2D eigenvalue weighted by Crippen LogP contribution is -2.56. The number of nitrogens with zero attached hydrogens (tertiary/aromatic N) is 2. The molecule has 2 heterocycles. The highest BCUT2D eigenvalue weighted by molar-refractivity contribution is 5.96. The Bertz CT molecular complexity index is 763. The van der Waals surface area contributed by atoms with Crippen molar-refractivity contribution in [3.8, 4) is 0 Å². The van der Waals surface area contributed by atoms with Crippen LogP contribution in [0.5, 0.6) is 0 Å². The Hall–Kier alpha value is -2.41. The van der Waals surface area contributed by atoms with Crippen LogP contribution < -0.4 is 5.32 Å². The van der Waals surface area contributed by atoms with Crippen molar-refractivity contribution in [1.82, 2.24) is 15.1 Å². The first kappa shape index (κ1) is 19.9. The van der Waals surface area contributed by atoms with Gasteiger partial charge in [-0.3, -0.25) is 14.4 Å². The monoisotopic (exact) mass is 399 g/mol. The molecule has 2 saturated heterocycles. The molecule has 3 fully saturated rings. The van der Waals surface area contributed by atoms with E-state index < -0.39 is 5.60 Å². The summed E-state index contributed by atoms with van der Waals surface area (Å²) in [7, 11) is 0. The maximum absolute atomic E-state index is 12.7. The Morgan fingerprint density at radius 3 is 2.52 bits per heavy atom. The Kier molecular flexibility index (Phi) is 5.85. The molecule has 0 radical (unpaired) electrons. The number of ether oxygens (including phenoxy) is 1. The third-order valence-electron chi connectivity index (χ3n) is 6.37. The summed E-state index contributed by atoms with van der Waals surface area (Å²) >= 11 is 0. The fourth-order valence-corrected chi connectivity index (χ4v) is 4.73. The minimum atomic E-state index is -0.467. The molecule has 1 aromatic rings. The molecule has 3 amide bonds. The number of morpholine rings is 1. The van der Waals surface area contributed by atoms with Gasteiger partial charge in [0, 0.05) is 24.6 Å². The van der Waals surface area contributed by atoms with Gasteiger partial charge in [0.05, 0.1) is 26.2 Å². The average molecular weight is 399 g/mol. The molecule has 3 aliphatic rings. The van der Waals surface area contributed by atoms with Crippen LogP contribution in [0.15, 0.2) is 30.3 Å². The van der Waals surface area contributed by atoms with Crippen LogP contribution in [-0.4, -0.2) is 72.5 Å². The first-order valence-corrected chi connectivity index (χ1v) is 10.6. The molecule has 1 aliphatic carbocycles. The third-order valence-corrected chi connectivity index (χ3v) is 6.37. The zero-order valence-electron chi connectivity index (χ0n) is 16.8. The van der Waals surface area contributed by atoms with E-state index >= 15 is 0 Å². The van der Waals surface area contributed by atoms with Gasteiger partial charge in [0.2, 0.25) is 11.8 Å². The van der Waals surface area contributed by atoms with Gasteiger partial charge in [-0.1, -0.05) is 31.0 Å². The first-order chi connectivity index (χ1) is 14.1. The number of carbonyl (C=O) groups is 3. The molecule has 7 nitrogen and oxygen atoms in total. The molecule has 1 aromatic carbocycles. The van der Waals surface area contributed by atoms with E-state index in [0.29, 0.717) is 38.3 Å². The maximum atomic E-state index is 12.7. The topological polar surface area (TPSA) is 79.0 Å². The van der Waals surface area contributed by atoms with Gasteiger partial charge in [0.25, 0.3) is 5.91 Å². The molecule has 0 aromatic heterocycles. The van der Waals surface area contributed by atoms with E-state index in [9.17, 15) is 14.4 Å². The van der Waals surface area contributed by atoms with E-state index in [2.05, 4.69) is 5.32 Å². The van der Waals surface area contributed by atoms with Crippen LogP contribution in [0.4, 0.5) is 0 Å². The van der Waals surface area contributed by atoms with Gasteiger partial charge in [-0.15, -0.1) is 0 Å². The summed E-state index contributed by atoms with van der Waals surface area (Å²) in [5, 5.41) is 2.70. The van der Waals surface area contributed by atoms with E-state index in [-0.39, 0.29) is 30.2 Å². The first-order valence-electron chi connectivity index (χ1n) is 10.6. The van der Waals surface area contributed by atoms with Crippen molar-refractivity contribution < 1.29 is 19.1 Å². The Labute approximate surface area is 171 Å². The Morgan fingerprint density at radius 2 is 1.76 bits per heavy atom. The van der Waals surface area contributed by atoms with Gasteiger partial charge in [-0.2, -0.15) is 0 Å². The molecule has 0 bridgehead atoms. The molecule has 1 unspecified atom stereocenters. The second-order valence-corrected chi connectivity index (χ2v) is 8.39. The lowest BCUT2D eigenvalue weighted by Gasteiger charge is -2.40. The average Bonchev–Trinajstić information content (AvgIpc) is 3.43. The summed E-state index contributed by atoms with van der Waals surface area (Å²) in [4.78, 5) is 41.3. The van der Waals surface area contributed by atoms with Crippen LogP contribution in [0.25, 0.3) is 0 Å². The molecule has 7 heteroatoms. The second-order valence-electron chi connectivity index (χ2n) is 8.39. The Morgan fingerprint density at radius 1 is 1.03 bits per heavy atom. The normalized spacial score (nSPS) is 24.8. The number of hydrogen-bond acceptors (Lipinski definition) is 4. The summed E-state index contributed by atoms with van der Waals surface area (Å²) in [5.74, 6) is 0.0508. The van der Waals surface area contributed by atoms with Crippen LogP contribution in [0, 0.1) is 5.92 Å². The van der Waals surface area contributed by atoms with E-state index in [1.165, 1.54) is 0 Å². The molecule has 156 valence electrons. The van der Waals surface area contributed by atoms with Gasteiger partial charge in [-0.05, 0) is 31.4 Å². The molecule has 1 atom stereocenters. The fourth-order valence-electron chi connectivity index (χ4n) is 4.73.